The number of piperidine rings is 1. The molecule has 1 aliphatic carbocycles. The number of phenolic OH excluding ortho intramolecular Hbond substituents is 1. The Morgan fingerprint density at radius 2 is 1.89 bits per heavy atom. The molecule has 0 spiro atoms. The maximum atomic E-state index is 14.1. The zero-order chi connectivity index (χ0) is 24.8. The van der Waals surface area contributed by atoms with E-state index in [1.165, 1.54) is 31.4 Å². The average Bonchev–Trinajstić information content (AvgIpc) is 2.84. The standard InChI is InChI=1S/C28H36FN3O3/c1-19(30)17-31-18-20-13-23(29)16-25(14-20)35-24-9-11-32(12-10-24)28(34)22-7-8-27(33)26(15-22)21-5-3-2-4-6-21/h7-8,13-17,21,24,31,33H,2-6,9-12,18,30H2,1H3/b19-17-. The van der Waals surface area contributed by atoms with Crippen LogP contribution < -0.4 is 15.8 Å². The number of nitrogens with zero attached hydrogens (tertiary/aromatic N) is 1. The van der Waals surface area contributed by atoms with Crippen LogP contribution in [0.2, 0.25) is 0 Å². The highest BCUT2D eigenvalue weighted by atomic mass is 19.1. The van der Waals surface area contributed by atoms with E-state index in [-0.39, 0.29) is 17.8 Å². The van der Waals surface area contributed by atoms with Crippen LogP contribution in [0.25, 0.3) is 0 Å². The van der Waals surface area contributed by atoms with Crippen molar-refractivity contribution in [2.75, 3.05) is 13.1 Å². The van der Waals surface area contributed by atoms with Gasteiger partial charge in [-0.1, -0.05) is 19.3 Å². The van der Waals surface area contributed by atoms with Gasteiger partial charge in [-0.05, 0) is 67.1 Å². The van der Waals surface area contributed by atoms with E-state index in [0.717, 1.165) is 24.0 Å². The van der Waals surface area contributed by atoms with Crippen molar-refractivity contribution >= 4 is 5.91 Å². The minimum absolute atomic E-state index is 0.0112. The summed E-state index contributed by atoms with van der Waals surface area (Å²) in [4.78, 5) is 15.0. The largest absolute Gasteiger partial charge is 0.508 e. The molecule has 0 bridgehead atoms. The maximum absolute atomic E-state index is 14.1. The van der Waals surface area contributed by atoms with Gasteiger partial charge in [-0.15, -0.1) is 0 Å². The lowest BCUT2D eigenvalue weighted by molar-refractivity contribution is 0.0595. The van der Waals surface area contributed by atoms with E-state index in [1.807, 2.05) is 17.0 Å². The van der Waals surface area contributed by atoms with Gasteiger partial charge in [0.1, 0.15) is 23.4 Å². The molecule has 0 aromatic heterocycles. The topological polar surface area (TPSA) is 87.8 Å². The second kappa shape index (κ2) is 11.5. The number of aromatic hydroxyl groups is 1. The van der Waals surface area contributed by atoms with Crippen LogP contribution in [-0.2, 0) is 6.54 Å². The first-order chi connectivity index (χ1) is 16.9. The molecule has 2 aromatic carbocycles. The molecule has 2 fully saturated rings. The number of benzene rings is 2. The third-order valence-corrected chi connectivity index (χ3v) is 6.92. The van der Waals surface area contributed by atoms with E-state index in [0.29, 0.717) is 61.2 Å². The predicted octanol–water partition coefficient (Wildman–Crippen LogP) is 5.17. The highest BCUT2D eigenvalue weighted by Gasteiger charge is 2.26. The first-order valence-electron chi connectivity index (χ1n) is 12.6. The van der Waals surface area contributed by atoms with Crippen LogP contribution in [-0.4, -0.2) is 35.1 Å². The summed E-state index contributed by atoms with van der Waals surface area (Å²) in [5, 5.41) is 13.4. The SMILES string of the molecule is C/C(N)=C/NCc1cc(F)cc(OC2CCN(C(=O)c3ccc(O)c(C4CCCCC4)c3)CC2)c1. The Morgan fingerprint density at radius 1 is 1.14 bits per heavy atom. The number of amides is 1. The first kappa shape index (κ1) is 24.9. The van der Waals surface area contributed by atoms with Crippen molar-refractivity contribution in [2.45, 2.75) is 70.4 Å². The molecule has 1 saturated heterocycles. The van der Waals surface area contributed by atoms with Crippen molar-refractivity contribution in [3.63, 3.8) is 0 Å². The van der Waals surface area contributed by atoms with E-state index in [1.54, 1.807) is 25.3 Å². The fourth-order valence-electron chi connectivity index (χ4n) is 5.10. The van der Waals surface area contributed by atoms with E-state index in [9.17, 15) is 14.3 Å². The molecule has 2 aromatic rings. The number of carbonyl (C=O) groups is 1. The summed E-state index contributed by atoms with van der Waals surface area (Å²) < 4.78 is 20.2. The van der Waals surface area contributed by atoms with Gasteiger partial charge >= 0.3 is 0 Å². The molecule has 1 heterocycles. The van der Waals surface area contributed by atoms with E-state index in [2.05, 4.69) is 5.32 Å². The van der Waals surface area contributed by atoms with Crippen molar-refractivity contribution in [1.82, 2.24) is 10.2 Å². The fourth-order valence-corrected chi connectivity index (χ4v) is 5.10. The lowest BCUT2D eigenvalue weighted by Gasteiger charge is -2.32. The lowest BCUT2D eigenvalue weighted by Crippen LogP contribution is -2.41. The van der Waals surface area contributed by atoms with Crippen molar-refractivity contribution in [2.24, 2.45) is 5.73 Å². The summed E-state index contributed by atoms with van der Waals surface area (Å²) >= 11 is 0. The van der Waals surface area contributed by atoms with Crippen LogP contribution >= 0.6 is 0 Å². The second-order valence-corrected chi connectivity index (χ2v) is 9.78. The van der Waals surface area contributed by atoms with E-state index < -0.39 is 0 Å². The number of allylic oxidation sites excluding steroid dienone is 1. The van der Waals surface area contributed by atoms with Gasteiger partial charge in [0.15, 0.2) is 0 Å². The van der Waals surface area contributed by atoms with Gasteiger partial charge in [0.25, 0.3) is 5.91 Å². The smallest absolute Gasteiger partial charge is 0.253 e. The number of phenols is 1. The summed E-state index contributed by atoms with van der Waals surface area (Å²) in [7, 11) is 0. The maximum Gasteiger partial charge on any atom is 0.253 e. The predicted molar refractivity (Wildman–Crippen MR) is 135 cm³/mol. The van der Waals surface area contributed by atoms with Crippen LogP contribution in [0, 0.1) is 5.82 Å². The fraction of sp³-hybridized carbons (Fsp3) is 0.464. The van der Waals surface area contributed by atoms with Gasteiger partial charge < -0.3 is 25.8 Å². The number of halogens is 1. The molecule has 6 nitrogen and oxygen atoms in total. The summed E-state index contributed by atoms with van der Waals surface area (Å²) in [5.41, 5.74) is 8.57. The molecule has 35 heavy (non-hydrogen) atoms. The van der Waals surface area contributed by atoms with Crippen LogP contribution in [0.3, 0.4) is 0 Å². The molecule has 7 heteroatoms. The molecule has 0 unspecified atom stereocenters. The van der Waals surface area contributed by atoms with Crippen LogP contribution in [0.15, 0.2) is 48.3 Å². The number of ether oxygens (including phenoxy) is 1. The van der Waals surface area contributed by atoms with Crippen molar-refractivity contribution in [1.29, 1.82) is 0 Å². The first-order valence-corrected chi connectivity index (χ1v) is 12.6. The number of likely N-dealkylation sites (tertiary alicyclic amines) is 1. The Bertz CT molecular complexity index is 1050. The van der Waals surface area contributed by atoms with Gasteiger partial charge in [-0.3, -0.25) is 4.79 Å². The Morgan fingerprint density at radius 3 is 2.60 bits per heavy atom. The third-order valence-electron chi connectivity index (χ3n) is 6.92. The molecule has 4 rings (SSSR count). The zero-order valence-corrected chi connectivity index (χ0v) is 20.4. The molecule has 0 radical (unpaired) electrons. The quantitative estimate of drug-likeness (QED) is 0.508. The normalized spacial score (nSPS) is 17.9. The van der Waals surface area contributed by atoms with Gasteiger partial charge in [-0.25, -0.2) is 4.39 Å². The van der Waals surface area contributed by atoms with Crippen LogP contribution in [0.1, 0.15) is 79.3 Å². The Kier molecular flexibility index (Phi) is 8.16. The van der Waals surface area contributed by atoms with E-state index >= 15 is 0 Å². The van der Waals surface area contributed by atoms with Crippen LogP contribution in [0.5, 0.6) is 11.5 Å². The average molecular weight is 482 g/mol. The minimum Gasteiger partial charge on any atom is -0.508 e. The van der Waals surface area contributed by atoms with Gasteiger partial charge in [-0.2, -0.15) is 0 Å². The minimum atomic E-state index is -0.346. The summed E-state index contributed by atoms with van der Waals surface area (Å²) in [6.07, 6.45) is 8.68. The highest BCUT2D eigenvalue weighted by molar-refractivity contribution is 5.94. The number of nitrogens with two attached hydrogens (primary N) is 1. The third kappa shape index (κ3) is 6.68. The lowest BCUT2D eigenvalue weighted by atomic mass is 9.83. The highest BCUT2D eigenvalue weighted by Crippen LogP contribution is 2.37. The molecular weight excluding hydrogens is 445 g/mol. The van der Waals surface area contributed by atoms with E-state index in [4.69, 9.17) is 10.5 Å². The molecule has 4 N–H and O–H groups in total. The number of rotatable bonds is 7. The molecule has 1 aliphatic heterocycles. The number of nitrogens with one attached hydrogen (secondary N) is 1. The number of hydrogen-bond donors (Lipinski definition) is 3. The van der Waals surface area contributed by atoms with Gasteiger partial charge in [0.2, 0.25) is 0 Å². The number of carbonyl (C=O) groups excluding carboxylic acids is 1. The molecule has 188 valence electrons. The van der Waals surface area contributed by atoms with Gasteiger partial charge in [0.05, 0.1) is 0 Å². The van der Waals surface area contributed by atoms with Crippen molar-refractivity contribution in [3.8, 4) is 11.5 Å². The van der Waals surface area contributed by atoms with Gasteiger partial charge in [0, 0.05) is 56.0 Å². The van der Waals surface area contributed by atoms with Crippen molar-refractivity contribution in [3.05, 3.63) is 70.8 Å². The molecule has 1 saturated carbocycles. The Balaban J connectivity index is 1.34. The number of hydrogen-bond acceptors (Lipinski definition) is 5. The Labute approximate surface area is 207 Å². The molecule has 0 atom stereocenters. The summed E-state index contributed by atoms with van der Waals surface area (Å²) in [6, 6.07) is 9.97. The van der Waals surface area contributed by atoms with Crippen LogP contribution in [0.4, 0.5) is 4.39 Å². The zero-order valence-electron chi connectivity index (χ0n) is 20.4. The molecule has 1 amide bonds. The summed E-state index contributed by atoms with van der Waals surface area (Å²) in [6.45, 7) is 3.38. The summed E-state index contributed by atoms with van der Waals surface area (Å²) in [5.74, 6) is 0.761. The van der Waals surface area contributed by atoms with Crippen molar-refractivity contribution < 1.29 is 19.0 Å². The second-order valence-electron chi connectivity index (χ2n) is 9.78. The Hall–Kier alpha value is -3.22. The molecular formula is C28H36FN3O3. The molecule has 2 aliphatic rings. The monoisotopic (exact) mass is 481 g/mol.